The maximum Gasteiger partial charge on any atom is 0.222 e. The van der Waals surface area contributed by atoms with Crippen LogP contribution in [0.5, 0.6) is 5.75 Å². The van der Waals surface area contributed by atoms with Crippen molar-refractivity contribution in [2.75, 3.05) is 39.4 Å². The lowest BCUT2D eigenvalue weighted by Crippen LogP contribution is -2.42. The number of aryl methyl sites for hydroxylation is 2. The quantitative estimate of drug-likeness (QED) is 0.606. The lowest BCUT2D eigenvalue weighted by atomic mass is 10.1. The highest BCUT2D eigenvalue weighted by Gasteiger charge is 2.17. The largest absolute Gasteiger partial charge is 0.486 e. The average molecular weight is 432 g/mol. The number of rotatable bonds is 9. The van der Waals surface area contributed by atoms with Gasteiger partial charge in [-0.2, -0.15) is 0 Å². The van der Waals surface area contributed by atoms with E-state index in [-0.39, 0.29) is 5.91 Å². The number of carbonyl (C=O) groups is 1. The van der Waals surface area contributed by atoms with Crippen molar-refractivity contribution < 1.29 is 14.3 Å². The molecule has 0 saturated carbocycles. The van der Waals surface area contributed by atoms with Gasteiger partial charge in [-0.05, 0) is 43.5 Å². The summed E-state index contributed by atoms with van der Waals surface area (Å²) in [6, 6.07) is 4.24. The van der Waals surface area contributed by atoms with E-state index in [2.05, 4.69) is 37.8 Å². The molecule has 164 valence electrons. The van der Waals surface area contributed by atoms with Crippen LogP contribution in [0.2, 0.25) is 0 Å². The van der Waals surface area contributed by atoms with Gasteiger partial charge in [0.25, 0.3) is 0 Å². The highest BCUT2D eigenvalue weighted by atomic mass is 32.1. The topological polar surface area (TPSA) is 54.9 Å². The Kier molecular flexibility index (Phi) is 8.24. The summed E-state index contributed by atoms with van der Waals surface area (Å²) in [5.41, 5.74) is 4.53. The van der Waals surface area contributed by atoms with Gasteiger partial charge in [0.05, 0.1) is 25.5 Å². The first kappa shape index (κ1) is 22.7. The Balaban J connectivity index is 1.57. The van der Waals surface area contributed by atoms with Gasteiger partial charge in [-0.3, -0.25) is 9.69 Å². The van der Waals surface area contributed by atoms with Crippen molar-refractivity contribution in [1.29, 1.82) is 0 Å². The van der Waals surface area contributed by atoms with Gasteiger partial charge in [-0.25, -0.2) is 4.98 Å². The lowest BCUT2D eigenvalue weighted by Gasteiger charge is -2.29. The minimum Gasteiger partial charge on any atom is -0.486 e. The number of aromatic nitrogens is 1. The molecule has 0 N–H and O–H groups in total. The number of hydrogen-bond donors (Lipinski definition) is 0. The highest BCUT2D eigenvalue weighted by molar-refractivity contribution is 7.09. The summed E-state index contributed by atoms with van der Waals surface area (Å²) >= 11 is 1.59. The van der Waals surface area contributed by atoms with E-state index in [1.54, 1.807) is 11.3 Å². The molecule has 1 amide bonds. The minimum absolute atomic E-state index is 0.167. The van der Waals surface area contributed by atoms with Crippen LogP contribution in [0.1, 0.15) is 40.7 Å². The molecule has 0 radical (unpaired) electrons. The third-order valence-electron chi connectivity index (χ3n) is 5.51. The number of thiazole rings is 1. The van der Waals surface area contributed by atoms with Crippen molar-refractivity contribution in [2.24, 2.45) is 0 Å². The highest BCUT2D eigenvalue weighted by Crippen LogP contribution is 2.25. The van der Waals surface area contributed by atoms with E-state index < -0.39 is 0 Å². The fourth-order valence-corrected chi connectivity index (χ4v) is 4.27. The van der Waals surface area contributed by atoms with Gasteiger partial charge in [-0.15, -0.1) is 11.3 Å². The second-order valence-electron chi connectivity index (χ2n) is 7.85. The SMILES string of the molecule is CCC(=O)N(CCN1CCOCC1)Cc1csc(COc2cc(C)cc(C)c2C)n1. The Morgan fingerprint density at radius 2 is 2.03 bits per heavy atom. The number of morpholine rings is 1. The number of benzene rings is 1. The first-order valence-electron chi connectivity index (χ1n) is 10.7. The van der Waals surface area contributed by atoms with Crippen LogP contribution in [0.3, 0.4) is 0 Å². The van der Waals surface area contributed by atoms with Gasteiger partial charge in [0.1, 0.15) is 17.4 Å². The first-order chi connectivity index (χ1) is 14.5. The van der Waals surface area contributed by atoms with E-state index in [4.69, 9.17) is 14.5 Å². The van der Waals surface area contributed by atoms with Crippen LogP contribution >= 0.6 is 11.3 Å². The second-order valence-corrected chi connectivity index (χ2v) is 8.79. The van der Waals surface area contributed by atoms with Crippen LogP contribution in [0.4, 0.5) is 0 Å². The minimum atomic E-state index is 0.167. The van der Waals surface area contributed by atoms with E-state index in [1.807, 2.05) is 17.2 Å². The third kappa shape index (κ3) is 6.27. The zero-order chi connectivity index (χ0) is 21.5. The maximum atomic E-state index is 12.4. The first-order valence-corrected chi connectivity index (χ1v) is 11.6. The summed E-state index contributed by atoms with van der Waals surface area (Å²) in [7, 11) is 0. The van der Waals surface area contributed by atoms with Crippen molar-refractivity contribution in [2.45, 2.75) is 47.3 Å². The van der Waals surface area contributed by atoms with Crippen molar-refractivity contribution in [1.82, 2.24) is 14.8 Å². The maximum absolute atomic E-state index is 12.4. The van der Waals surface area contributed by atoms with Crippen LogP contribution in [0.25, 0.3) is 0 Å². The molecule has 3 rings (SSSR count). The van der Waals surface area contributed by atoms with Gasteiger partial charge >= 0.3 is 0 Å². The molecule has 2 aromatic rings. The van der Waals surface area contributed by atoms with Gasteiger partial charge in [-0.1, -0.05) is 13.0 Å². The number of carbonyl (C=O) groups excluding carboxylic acids is 1. The smallest absolute Gasteiger partial charge is 0.222 e. The van der Waals surface area contributed by atoms with Gasteiger partial charge in [0.15, 0.2) is 0 Å². The molecule has 2 heterocycles. The van der Waals surface area contributed by atoms with Crippen molar-refractivity contribution >= 4 is 17.2 Å². The van der Waals surface area contributed by atoms with Crippen molar-refractivity contribution in [3.63, 3.8) is 0 Å². The summed E-state index contributed by atoms with van der Waals surface area (Å²) in [6.07, 6.45) is 0.509. The van der Waals surface area contributed by atoms with Crippen molar-refractivity contribution in [3.05, 3.63) is 44.9 Å². The van der Waals surface area contributed by atoms with Crippen LogP contribution < -0.4 is 4.74 Å². The predicted molar refractivity (Wildman–Crippen MR) is 120 cm³/mol. The summed E-state index contributed by atoms with van der Waals surface area (Å²) < 4.78 is 11.5. The van der Waals surface area contributed by atoms with Crippen LogP contribution in [0, 0.1) is 20.8 Å². The molecule has 7 heteroatoms. The molecule has 0 bridgehead atoms. The normalized spacial score (nSPS) is 14.7. The Morgan fingerprint density at radius 1 is 1.27 bits per heavy atom. The Morgan fingerprint density at radius 3 is 2.77 bits per heavy atom. The average Bonchev–Trinajstić information content (AvgIpc) is 3.20. The van der Waals surface area contributed by atoms with E-state index in [0.29, 0.717) is 19.6 Å². The molecular formula is C23H33N3O3S. The van der Waals surface area contributed by atoms with E-state index in [9.17, 15) is 4.79 Å². The van der Waals surface area contributed by atoms with Gasteiger partial charge in [0, 0.05) is 38.0 Å². The Hall–Kier alpha value is -1.96. The summed E-state index contributed by atoms with van der Waals surface area (Å²) in [5.74, 6) is 1.08. The number of nitrogens with zero attached hydrogens (tertiary/aromatic N) is 3. The van der Waals surface area contributed by atoms with E-state index >= 15 is 0 Å². The van der Waals surface area contributed by atoms with Crippen molar-refractivity contribution in [3.8, 4) is 5.75 Å². The Bertz CT molecular complexity index is 846. The monoisotopic (exact) mass is 431 g/mol. The molecule has 1 aromatic carbocycles. The number of amides is 1. The molecule has 30 heavy (non-hydrogen) atoms. The van der Waals surface area contributed by atoms with E-state index in [0.717, 1.165) is 55.8 Å². The van der Waals surface area contributed by atoms with E-state index in [1.165, 1.54) is 16.7 Å². The summed E-state index contributed by atoms with van der Waals surface area (Å²) in [4.78, 5) is 21.4. The van der Waals surface area contributed by atoms with Gasteiger partial charge < -0.3 is 14.4 Å². The lowest BCUT2D eigenvalue weighted by molar-refractivity contribution is -0.131. The third-order valence-corrected chi connectivity index (χ3v) is 6.38. The molecule has 0 aliphatic carbocycles. The predicted octanol–water partition coefficient (Wildman–Crippen LogP) is 3.72. The second kappa shape index (κ2) is 10.9. The van der Waals surface area contributed by atoms with Crippen LogP contribution in [-0.4, -0.2) is 60.1 Å². The zero-order valence-corrected chi connectivity index (χ0v) is 19.4. The molecule has 1 saturated heterocycles. The standard InChI is InChI=1S/C23H33N3O3S/c1-5-23(27)26(7-6-25-8-10-28-11-9-25)14-20-16-30-22(24-20)15-29-21-13-17(2)12-18(3)19(21)4/h12-13,16H,5-11,14-15H2,1-4H3. The molecule has 0 spiro atoms. The van der Waals surface area contributed by atoms with Crippen LogP contribution in [-0.2, 0) is 22.7 Å². The molecular weight excluding hydrogens is 398 g/mol. The molecule has 1 aromatic heterocycles. The summed E-state index contributed by atoms with van der Waals surface area (Å²) in [6.45, 7) is 14.2. The molecule has 0 atom stereocenters. The fraction of sp³-hybridized carbons (Fsp3) is 0.565. The molecule has 0 unspecified atom stereocenters. The molecule has 1 aliphatic rings. The fourth-order valence-electron chi connectivity index (χ4n) is 3.58. The van der Waals surface area contributed by atoms with Gasteiger partial charge in [0.2, 0.25) is 5.91 Å². The zero-order valence-electron chi connectivity index (χ0n) is 18.6. The number of ether oxygens (including phenoxy) is 2. The van der Waals surface area contributed by atoms with Crippen LogP contribution in [0.15, 0.2) is 17.5 Å². The molecule has 1 fully saturated rings. The number of hydrogen-bond acceptors (Lipinski definition) is 6. The molecule has 6 nitrogen and oxygen atoms in total. The summed E-state index contributed by atoms with van der Waals surface area (Å²) in [5, 5.41) is 2.97. The Labute approximate surface area is 183 Å². The molecule has 1 aliphatic heterocycles.